The molecule has 18 heavy (non-hydrogen) atoms. The topological polar surface area (TPSA) is 77.2 Å². The molecule has 1 N–H and O–H groups in total. The molecule has 0 aliphatic heterocycles. The second-order valence-electron chi connectivity index (χ2n) is 4.04. The third kappa shape index (κ3) is 3.34. The van der Waals surface area contributed by atoms with Gasteiger partial charge in [-0.1, -0.05) is 11.6 Å². The van der Waals surface area contributed by atoms with E-state index in [1.807, 2.05) is 19.9 Å². The van der Waals surface area contributed by atoms with Crippen LogP contribution < -0.4 is 4.90 Å². The Labute approximate surface area is 111 Å². The minimum Gasteiger partial charge on any atom is -0.481 e. The number of carbonyl (C=O) groups is 1. The zero-order valence-electron chi connectivity index (χ0n) is 10.2. The highest BCUT2D eigenvalue weighted by Gasteiger charge is 2.18. The zero-order valence-corrected chi connectivity index (χ0v) is 11.0. The minimum absolute atomic E-state index is 0.00697. The lowest BCUT2D eigenvalue weighted by Crippen LogP contribution is -2.33. The molecule has 0 aromatic carbocycles. The van der Waals surface area contributed by atoms with Gasteiger partial charge in [-0.05, 0) is 19.9 Å². The van der Waals surface area contributed by atoms with E-state index in [9.17, 15) is 4.79 Å². The van der Waals surface area contributed by atoms with Gasteiger partial charge in [0.2, 0.25) is 0 Å². The average molecular weight is 268 g/mol. The van der Waals surface area contributed by atoms with Crippen LogP contribution in [0, 0.1) is 11.3 Å². The molecule has 1 aromatic heterocycles. The summed E-state index contributed by atoms with van der Waals surface area (Å²) in [4.78, 5) is 16.5. The van der Waals surface area contributed by atoms with Crippen molar-refractivity contribution in [1.82, 2.24) is 4.98 Å². The Morgan fingerprint density at radius 2 is 2.33 bits per heavy atom. The van der Waals surface area contributed by atoms with Crippen molar-refractivity contribution in [2.45, 2.75) is 26.3 Å². The number of halogens is 1. The Morgan fingerprint density at radius 3 is 2.83 bits per heavy atom. The van der Waals surface area contributed by atoms with Crippen LogP contribution >= 0.6 is 11.6 Å². The molecule has 0 bridgehead atoms. The quantitative estimate of drug-likeness (QED) is 0.886. The van der Waals surface area contributed by atoms with Gasteiger partial charge < -0.3 is 10.0 Å². The summed E-state index contributed by atoms with van der Waals surface area (Å²) < 4.78 is 0. The molecule has 1 rings (SSSR count). The molecule has 0 aliphatic rings. The lowest BCUT2D eigenvalue weighted by molar-refractivity contribution is -0.136. The van der Waals surface area contributed by atoms with Crippen LogP contribution in [-0.2, 0) is 4.79 Å². The number of aliphatic carboxylic acids is 1. The molecule has 5 nitrogen and oxygen atoms in total. The highest BCUT2D eigenvalue weighted by Crippen LogP contribution is 2.27. The SMILES string of the molecule is CC(C)N(CCC(=O)O)c1nccc(C#N)c1Cl. The van der Waals surface area contributed by atoms with E-state index in [0.29, 0.717) is 17.9 Å². The lowest BCUT2D eigenvalue weighted by atomic mass is 10.2. The Morgan fingerprint density at radius 1 is 1.67 bits per heavy atom. The average Bonchev–Trinajstić information content (AvgIpc) is 2.30. The van der Waals surface area contributed by atoms with Gasteiger partial charge in [0, 0.05) is 18.8 Å². The number of pyridine rings is 1. The predicted octanol–water partition coefficient (Wildman–Crippen LogP) is 2.30. The van der Waals surface area contributed by atoms with Crippen LogP contribution in [0.2, 0.25) is 5.02 Å². The summed E-state index contributed by atoms with van der Waals surface area (Å²) in [5.74, 6) is -0.430. The molecule has 0 radical (unpaired) electrons. The largest absolute Gasteiger partial charge is 0.481 e. The van der Waals surface area contributed by atoms with E-state index in [0.717, 1.165) is 0 Å². The summed E-state index contributed by atoms with van der Waals surface area (Å²) in [6, 6.07) is 3.55. The molecule has 0 aliphatic carbocycles. The van der Waals surface area contributed by atoms with Crippen LogP contribution in [0.3, 0.4) is 0 Å². The van der Waals surface area contributed by atoms with Crippen molar-refractivity contribution in [2.24, 2.45) is 0 Å². The van der Waals surface area contributed by atoms with Gasteiger partial charge in [-0.3, -0.25) is 4.79 Å². The van der Waals surface area contributed by atoms with Gasteiger partial charge >= 0.3 is 5.97 Å². The first-order valence-corrected chi connectivity index (χ1v) is 5.88. The number of anilines is 1. The normalized spacial score (nSPS) is 10.2. The molecule has 0 fully saturated rings. The van der Waals surface area contributed by atoms with Crippen molar-refractivity contribution in [1.29, 1.82) is 5.26 Å². The van der Waals surface area contributed by atoms with Crippen molar-refractivity contribution in [2.75, 3.05) is 11.4 Å². The number of nitriles is 1. The summed E-state index contributed by atoms with van der Waals surface area (Å²) in [6.45, 7) is 4.13. The summed E-state index contributed by atoms with van der Waals surface area (Å²) in [6.07, 6.45) is 1.49. The van der Waals surface area contributed by atoms with E-state index in [-0.39, 0.29) is 17.5 Å². The van der Waals surface area contributed by atoms with Gasteiger partial charge in [0.1, 0.15) is 16.9 Å². The van der Waals surface area contributed by atoms with Crippen LogP contribution in [0.1, 0.15) is 25.8 Å². The second kappa shape index (κ2) is 6.22. The van der Waals surface area contributed by atoms with Crippen LogP contribution in [0.15, 0.2) is 12.3 Å². The number of nitrogens with zero attached hydrogens (tertiary/aromatic N) is 3. The Bertz CT molecular complexity index is 483. The molecule has 0 atom stereocenters. The number of hydrogen-bond acceptors (Lipinski definition) is 4. The van der Waals surface area contributed by atoms with Gasteiger partial charge in [-0.15, -0.1) is 0 Å². The van der Waals surface area contributed by atoms with E-state index >= 15 is 0 Å². The number of carboxylic acid groups (broad SMARTS) is 1. The van der Waals surface area contributed by atoms with Crippen molar-refractivity contribution in [3.05, 3.63) is 22.8 Å². The Balaban J connectivity index is 3.07. The summed E-state index contributed by atoms with van der Waals surface area (Å²) in [7, 11) is 0. The zero-order chi connectivity index (χ0) is 13.7. The molecule has 0 spiro atoms. The van der Waals surface area contributed by atoms with Gasteiger partial charge in [0.25, 0.3) is 0 Å². The van der Waals surface area contributed by atoms with E-state index in [1.165, 1.54) is 12.3 Å². The molecular formula is C12H14ClN3O2. The molecule has 96 valence electrons. The summed E-state index contributed by atoms with van der Waals surface area (Å²) >= 11 is 6.09. The number of rotatable bonds is 5. The molecule has 0 saturated heterocycles. The number of carboxylic acids is 1. The van der Waals surface area contributed by atoms with Gasteiger partial charge in [0.05, 0.1) is 12.0 Å². The maximum atomic E-state index is 10.6. The first-order chi connectivity index (χ1) is 8.47. The second-order valence-corrected chi connectivity index (χ2v) is 4.42. The smallest absolute Gasteiger partial charge is 0.305 e. The molecule has 6 heteroatoms. The minimum atomic E-state index is -0.881. The Kier molecular flexibility index (Phi) is 4.93. The van der Waals surface area contributed by atoms with Crippen molar-refractivity contribution >= 4 is 23.4 Å². The van der Waals surface area contributed by atoms with E-state index < -0.39 is 5.97 Å². The predicted molar refractivity (Wildman–Crippen MR) is 68.7 cm³/mol. The van der Waals surface area contributed by atoms with Crippen LogP contribution in [0.5, 0.6) is 0 Å². The molecule has 1 aromatic rings. The third-order valence-corrected chi connectivity index (χ3v) is 2.83. The van der Waals surface area contributed by atoms with E-state index in [2.05, 4.69) is 4.98 Å². The first kappa shape index (κ1) is 14.3. The fourth-order valence-electron chi connectivity index (χ4n) is 1.54. The van der Waals surface area contributed by atoms with Crippen molar-refractivity contribution < 1.29 is 9.90 Å². The lowest BCUT2D eigenvalue weighted by Gasteiger charge is -2.28. The van der Waals surface area contributed by atoms with Crippen LogP contribution in [0.25, 0.3) is 0 Å². The van der Waals surface area contributed by atoms with Crippen LogP contribution in [-0.4, -0.2) is 28.6 Å². The monoisotopic (exact) mass is 267 g/mol. The van der Waals surface area contributed by atoms with Crippen molar-refractivity contribution in [3.63, 3.8) is 0 Å². The maximum Gasteiger partial charge on any atom is 0.305 e. The summed E-state index contributed by atoms with van der Waals surface area (Å²) in [5, 5.41) is 17.9. The van der Waals surface area contributed by atoms with E-state index in [1.54, 1.807) is 4.90 Å². The van der Waals surface area contributed by atoms with Crippen LogP contribution in [0.4, 0.5) is 5.82 Å². The maximum absolute atomic E-state index is 10.6. The number of aromatic nitrogens is 1. The van der Waals surface area contributed by atoms with Gasteiger partial charge in [-0.25, -0.2) is 4.98 Å². The molecule has 1 heterocycles. The van der Waals surface area contributed by atoms with Crippen molar-refractivity contribution in [3.8, 4) is 6.07 Å². The van der Waals surface area contributed by atoms with E-state index in [4.69, 9.17) is 22.0 Å². The van der Waals surface area contributed by atoms with Gasteiger partial charge in [-0.2, -0.15) is 5.26 Å². The third-order valence-electron chi connectivity index (χ3n) is 2.45. The molecule has 0 amide bonds. The highest BCUT2D eigenvalue weighted by molar-refractivity contribution is 6.34. The molecule has 0 unspecified atom stereocenters. The molecular weight excluding hydrogens is 254 g/mol. The summed E-state index contributed by atoms with van der Waals surface area (Å²) in [5.41, 5.74) is 0.336. The Hall–Kier alpha value is -1.80. The highest BCUT2D eigenvalue weighted by atomic mass is 35.5. The first-order valence-electron chi connectivity index (χ1n) is 5.50. The fraction of sp³-hybridized carbons (Fsp3) is 0.417. The number of hydrogen-bond donors (Lipinski definition) is 1. The standard InChI is InChI=1S/C12H14ClN3O2/c1-8(2)16(6-4-10(17)18)12-11(13)9(7-14)3-5-15-12/h3,5,8H,4,6H2,1-2H3,(H,17,18). The fourth-order valence-corrected chi connectivity index (χ4v) is 1.81. The van der Waals surface area contributed by atoms with Gasteiger partial charge in [0.15, 0.2) is 0 Å². The molecule has 0 saturated carbocycles.